The second kappa shape index (κ2) is 8.71. The van der Waals surface area contributed by atoms with Gasteiger partial charge in [0.15, 0.2) is 0 Å². The Labute approximate surface area is 198 Å². The molecule has 1 heterocycles. The fraction of sp³-hybridized carbons (Fsp3) is 0.933. The van der Waals surface area contributed by atoms with Gasteiger partial charge in [-0.1, -0.05) is 65.5 Å². The number of epoxide rings is 1. The van der Waals surface area contributed by atoms with Crippen molar-refractivity contribution in [2.75, 3.05) is 6.61 Å². The van der Waals surface area contributed by atoms with Gasteiger partial charge in [-0.15, -0.1) is 0 Å². The third-order valence-corrected chi connectivity index (χ3v) is 11.4. The van der Waals surface area contributed by atoms with Gasteiger partial charge < -0.3 is 9.84 Å². The first-order valence-corrected chi connectivity index (χ1v) is 14.2. The van der Waals surface area contributed by atoms with E-state index in [9.17, 15) is 5.11 Å². The summed E-state index contributed by atoms with van der Waals surface area (Å²) in [5, 5.41) is 10.3. The van der Waals surface area contributed by atoms with Crippen LogP contribution in [-0.2, 0) is 4.74 Å². The standard InChI is InChI=1S/C30H50O2/c1-19(2)7-6-8-20(3)28-21(15-24-18-32-24)16-27-25-10-9-22-17-23(31)11-13-29(22,4)26(25)12-14-30(27,28)5/h9,19-21,23-28,31H,6-8,10-18H2,1-5H3/t20-,21?,23+,24?,25-,26+,27+,28+,29+,30+/m1/s1. The summed E-state index contributed by atoms with van der Waals surface area (Å²) in [6.45, 7) is 13.7. The summed E-state index contributed by atoms with van der Waals surface area (Å²) in [5.74, 6) is 6.04. The highest BCUT2D eigenvalue weighted by Gasteiger charge is 2.61. The second-order valence-corrected chi connectivity index (χ2v) is 13.7. The third-order valence-electron chi connectivity index (χ3n) is 11.4. The van der Waals surface area contributed by atoms with Crippen LogP contribution in [0, 0.1) is 52.3 Å². The molecule has 4 fully saturated rings. The van der Waals surface area contributed by atoms with Crippen LogP contribution in [0.3, 0.4) is 0 Å². The van der Waals surface area contributed by atoms with Crippen LogP contribution < -0.4 is 0 Å². The van der Waals surface area contributed by atoms with Crippen molar-refractivity contribution in [2.45, 2.75) is 117 Å². The van der Waals surface area contributed by atoms with Crippen molar-refractivity contribution in [3.8, 4) is 0 Å². The fourth-order valence-corrected chi connectivity index (χ4v) is 9.79. The number of hydrogen-bond donors (Lipinski definition) is 1. The molecule has 182 valence electrons. The zero-order valence-electron chi connectivity index (χ0n) is 21.6. The molecule has 2 unspecified atom stereocenters. The molecule has 1 saturated heterocycles. The predicted molar refractivity (Wildman–Crippen MR) is 132 cm³/mol. The van der Waals surface area contributed by atoms with Gasteiger partial charge in [-0.3, -0.25) is 0 Å². The molecule has 5 aliphatic rings. The molecule has 1 N–H and O–H groups in total. The van der Waals surface area contributed by atoms with E-state index < -0.39 is 0 Å². The van der Waals surface area contributed by atoms with Crippen LogP contribution in [0.2, 0.25) is 0 Å². The van der Waals surface area contributed by atoms with Crippen molar-refractivity contribution in [1.82, 2.24) is 0 Å². The average Bonchev–Trinajstić information content (AvgIpc) is 3.48. The van der Waals surface area contributed by atoms with Crippen molar-refractivity contribution in [3.63, 3.8) is 0 Å². The second-order valence-electron chi connectivity index (χ2n) is 13.7. The molecular weight excluding hydrogens is 392 g/mol. The SMILES string of the molecule is CC(C)CCC[C@@H](C)[C@H]1C(CC2CO2)C[C@H]2[C@@H]3CC=C4C[C@@H](O)CC[C@]4(C)[C@H]3CC[C@]12C. The van der Waals surface area contributed by atoms with Crippen LogP contribution in [0.1, 0.15) is 105 Å². The van der Waals surface area contributed by atoms with Gasteiger partial charge in [0.25, 0.3) is 0 Å². The maximum absolute atomic E-state index is 10.3. The zero-order chi connectivity index (χ0) is 22.7. The van der Waals surface area contributed by atoms with Crippen LogP contribution in [0.15, 0.2) is 11.6 Å². The predicted octanol–water partition coefficient (Wildman–Crippen LogP) is 7.40. The summed E-state index contributed by atoms with van der Waals surface area (Å²) in [6, 6.07) is 0. The Morgan fingerprint density at radius 1 is 1.09 bits per heavy atom. The molecule has 4 aliphatic carbocycles. The molecular formula is C30H50O2. The summed E-state index contributed by atoms with van der Waals surface area (Å²) in [5.41, 5.74) is 2.49. The molecule has 0 amide bonds. The van der Waals surface area contributed by atoms with E-state index in [0.29, 0.717) is 16.9 Å². The van der Waals surface area contributed by atoms with Gasteiger partial charge in [0.05, 0.1) is 18.8 Å². The smallest absolute Gasteiger partial charge is 0.0812 e. The normalized spacial score (nSPS) is 48.6. The van der Waals surface area contributed by atoms with Crippen LogP contribution in [0.4, 0.5) is 0 Å². The summed E-state index contributed by atoms with van der Waals surface area (Å²) < 4.78 is 5.77. The minimum Gasteiger partial charge on any atom is -0.393 e. The summed E-state index contributed by atoms with van der Waals surface area (Å²) in [7, 11) is 0. The summed E-state index contributed by atoms with van der Waals surface area (Å²) in [6.07, 6.45) is 17.4. The highest BCUT2D eigenvalue weighted by atomic mass is 16.6. The van der Waals surface area contributed by atoms with Crippen molar-refractivity contribution < 1.29 is 9.84 Å². The first kappa shape index (κ1) is 23.4. The van der Waals surface area contributed by atoms with Crippen molar-refractivity contribution >= 4 is 0 Å². The number of aliphatic hydroxyl groups is 1. The molecule has 1 aliphatic heterocycles. The van der Waals surface area contributed by atoms with Crippen LogP contribution in [0.5, 0.6) is 0 Å². The van der Waals surface area contributed by atoms with E-state index in [1.165, 1.54) is 57.8 Å². The molecule has 32 heavy (non-hydrogen) atoms. The van der Waals surface area contributed by atoms with E-state index in [4.69, 9.17) is 4.74 Å². The number of rotatable bonds is 7. The van der Waals surface area contributed by atoms with Crippen LogP contribution in [-0.4, -0.2) is 23.9 Å². The average molecular weight is 443 g/mol. The molecule has 5 rings (SSSR count). The quantitative estimate of drug-likeness (QED) is 0.329. The Kier molecular flexibility index (Phi) is 6.37. The molecule has 0 aromatic carbocycles. The Morgan fingerprint density at radius 3 is 2.59 bits per heavy atom. The Hall–Kier alpha value is -0.340. The molecule has 2 nitrogen and oxygen atoms in total. The van der Waals surface area contributed by atoms with E-state index in [0.717, 1.165) is 60.9 Å². The fourth-order valence-electron chi connectivity index (χ4n) is 9.79. The minimum absolute atomic E-state index is 0.0924. The molecule has 3 saturated carbocycles. The molecule has 0 radical (unpaired) electrons. The molecule has 0 aromatic rings. The highest BCUT2D eigenvalue weighted by Crippen LogP contribution is 2.69. The molecule has 0 aromatic heterocycles. The van der Waals surface area contributed by atoms with Gasteiger partial charge in [-0.25, -0.2) is 0 Å². The lowest BCUT2D eigenvalue weighted by Gasteiger charge is -2.58. The number of ether oxygens (including phenoxy) is 1. The zero-order valence-corrected chi connectivity index (χ0v) is 21.6. The van der Waals surface area contributed by atoms with Crippen molar-refractivity contribution in [3.05, 3.63) is 11.6 Å². The lowest BCUT2D eigenvalue weighted by Crippen LogP contribution is -2.51. The molecule has 0 spiro atoms. The topological polar surface area (TPSA) is 32.8 Å². The first-order chi connectivity index (χ1) is 15.2. The molecule has 10 atom stereocenters. The maximum atomic E-state index is 10.3. The third kappa shape index (κ3) is 4.04. The lowest BCUT2D eigenvalue weighted by atomic mass is 9.47. The van der Waals surface area contributed by atoms with Gasteiger partial charge in [-0.05, 0) is 104 Å². The summed E-state index contributed by atoms with van der Waals surface area (Å²) >= 11 is 0. The Balaban J connectivity index is 1.39. The summed E-state index contributed by atoms with van der Waals surface area (Å²) in [4.78, 5) is 0. The van der Waals surface area contributed by atoms with Crippen molar-refractivity contribution in [1.29, 1.82) is 0 Å². The van der Waals surface area contributed by atoms with E-state index in [-0.39, 0.29) is 6.10 Å². The van der Waals surface area contributed by atoms with E-state index in [2.05, 4.69) is 40.7 Å². The lowest BCUT2D eigenvalue weighted by molar-refractivity contribution is -0.0591. The number of aliphatic hydroxyl groups excluding tert-OH is 1. The Morgan fingerprint density at radius 2 is 1.88 bits per heavy atom. The number of allylic oxidation sites excluding steroid dienone is 1. The number of fused-ring (bicyclic) bond motifs is 5. The van der Waals surface area contributed by atoms with E-state index >= 15 is 0 Å². The van der Waals surface area contributed by atoms with E-state index in [1.54, 1.807) is 5.57 Å². The first-order valence-electron chi connectivity index (χ1n) is 14.2. The minimum atomic E-state index is -0.0924. The maximum Gasteiger partial charge on any atom is 0.0812 e. The van der Waals surface area contributed by atoms with Gasteiger partial charge in [0, 0.05) is 0 Å². The van der Waals surface area contributed by atoms with Gasteiger partial charge in [0.1, 0.15) is 0 Å². The largest absolute Gasteiger partial charge is 0.393 e. The van der Waals surface area contributed by atoms with Crippen LogP contribution >= 0.6 is 0 Å². The Bertz CT molecular complexity index is 708. The molecule has 0 bridgehead atoms. The van der Waals surface area contributed by atoms with Gasteiger partial charge in [0.2, 0.25) is 0 Å². The number of hydrogen-bond acceptors (Lipinski definition) is 2. The monoisotopic (exact) mass is 442 g/mol. The molecule has 2 heteroatoms. The van der Waals surface area contributed by atoms with Crippen molar-refractivity contribution in [2.24, 2.45) is 52.3 Å². The highest BCUT2D eigenvalue weighted by molar-refractivity contribution is 5.25. The van der Waals surface area contributed by atoms with E-state index in [1.807, 2.05) is 0 Å². The van der Waals surface area contributed by atoms with Crippen LogP contribution in [0.25, 0.3) is 0 Å². The van der Waals surface area contributed by atoms with Gasteiger partial charge in [-0.2, -0.15) is 0 Å². The van der Waals surface area contributed by atoms with Gasteiger partial charge >= 0.3 is 0 Å².